The monoisotopic (exact) mass is 440 g/mol. The van der Waals surface area contributed by atoms with Gasteiger partial charge in [0.25, 0.3) is 11.8 Å². The van der Waals surface area contributed by atoms with E-state index in [9.17, 15) is 18.8 Å². The summed E-state index contributed by atoms with van der Waals surface area (Å²) in [5.74, 6) is -1.97. The molecule has 0 radical (unpaired) electrons. The number of nitrogens with zero attached hydrogens (tertiary/aromatic N) is 1. The molecule has 8 nitrogen and oxygen atoms in total. The molecule has 0 fully saturated rings. The Hall–Kier alpha value is -3.88. The molecule has 0 unspecified atom stereocenters. The van der Waals surface area contributed by atoms with Crippen LogP contribution in [0.15, 0.2) is 30.3 Å². The lowest BCUT2D eigenvalue weighted by atomic mass is 10.1. The summed E-state index contributed by atoms with van der Waals surface area (Å²) < 4.78 is 20.1. The number of rotatable bonds is 5. The van der Waals surface area contributed by atoms with E-state index >= 15 is 0 Å². The van der Waals surface area contributed by atoms with Crippen molar-refractivity contribution in [2.24, 2.45) is 0 Å². The number of hydrazine groups is 1. The number of ether oxygens (including phenoxy) is 1. The molecule has 0 aliphatic carbocycles. The molecule has 0 bridgehead atoms. The van der Waals surface area contributed by atoms with Gasteiger partial charge < -0.3 is 14.3 Å². The summed E-state index contributed by atoms with van der Waals surface area (Å²) in [6.45, 7) is 8.80. The Labute approximate surface area is 184 Å². The molecule has 0 spiro atoms. The Bertz CT molecular complexity index is 1190. The SMILES string of the molecule is CCOC(=O)c1c(C)[nH]c(C(=O)NNC(=O)c2cc(C)n(-c3ccc(F)cc3)c2C)c1C. The number of carbonyl (C=O) groups is 3. The molecule has 3 rings (SSSR count). The van der Waals surface area contributed by atoms with Crippen LogP contribution >= 0.6 is 0 Å². The number of aromatic nitrogens is 2. The first-order chi connectivity index (χ1) is 15.1. The maximum atomic E-state index is 13.2. The van der Waals surface area contributed by atoms with Gasteiger partial charge >= 0.3 is 5.97 Å². The lowest BCUT2D eigenvalue weighted by molar-refractivity contribution is 0.0524. The van der Waals surface area contributed by atoms with E-state index in [4.69, 9.17) is 4.74 Å². The van der Waals surface area contributed by atoms with Crippen LogP contribution in [0.4, 0.5) is 4.39 Å². The van der Waals surface area contributed by atoms with Crippen LogP contribution in [0.5, 0.6) is 0 Å². The van der Waals surface area contributed by atoms with Crippen LogP contribution in [-0.2, 0) is 4.74 Å². The van der Waals surface area contributed by atoms with Gasteiger partial charge in [0.1, 0.15) is 11.5 Å². The summed E-state index contributed by atoms with van der Waals surface area (Å²) in [6, 6.07) is 7.62. The molecule has 32 heavy (non-hydrogen) atoms. The summed E-state index contributed by atoms with van der Waals surface area (Å²) in [7, 11) is 0. The maximum Gasteiger partial charge on any atom is 0.340 e. The van der Waals surface area contributed by atoms with Gasteiger partial charge in [-0.25, -0.2) is 9.18 Å². The Morgan fingerprint density at radius 3 is 2.28 bits per heavy atom. The summed E-state index contributed by atoms with van der Waals surface area (Å²) in [6.07, 6.45) is 0. The van der Waals surface area contributed by atoms with E-state index in [1.807, 2.05) is 11.5 Å². The third-order valence-electron chi connectivity index (χ3n) is 5.19. The third-order valence-corrected chi connectivity index (χ3v) is 5.19. The van der Waals surface area contributed by atoms with Gasteiger partial charge in [-0.3, -0.25) is 20.4 Å². The standard InChI is InChI=1S/C23H25FN4O4/c1-6-32-23(31)19-13(3)20(25-14(19)4)22(30)27-26-21(29)18-11-12(2)28(15(18)5)17-9-7-16(24)8-10-17/h7-11,25H,6H2,1-5H3,(H,26,29)(H,27,30). The van der Waals surface area contributed by atoms with Gasteiger partial charge in [-0.05, 0) is 70.5 Å². The van der Waals surface area contributed by atoms with Gasteiger partial charge in [0.2, 0.25) is 0 Å². The highest BCUT2D eigenvalue weighted by molar-refractivity contribution is 6.02. The molecule has 9 heteroatoms. The van der Waals surface area contributed by atoms with Crippen molar-refractivity contribution >= 4 is 17.8 Å². The first-order valence-corrected chi connectivity index (χ1v) is 10.1. The number of aryl methyl sites for hydroxylation is 2. The van der Waals surface area contributed by atoms with E-state index in [2.05, 4.69) is 15.8 Å². The number of carbonyl (C=O) groups excluding carboxylic acids is 3. The molecule has 3 N–H and O–H groups in total. The van der Waals surface area contributed by atoms with Gasteiger partial charge in [-0.2, -0.15) is 0 Å². The minimum atomic E-state index is -0.596. The van der Waals surface area contributed by atoms with E-state index in [1.165, 1.54) is 12.1 Å². The highest BCUT2D eigenvalue weighted by atomic mass is 19.1. The Kier molecular flexibility index (Phi) is 6.47. The van der Waals surface area contributed by atoms with E-state index in [1.54, 1.807) is 45.9 Å². The summed E-state index contributed by atoms with van der Waals surface area (Å²) in [5.41, 5.74) is 8.65. The highest BCUT2D eigenvalue weighted by Crippen LogP contribution is 2.21. The predicted molar refractivity (Wildman–Crippen MR) is 116 cm³/mol. The number of esters is 1. The second kappa shape index (κ2) is 9.09. The van der Waals surface area contributed by atoms with Gasteiger partial charge in [-0.1, -0.05) is 0 Å². The van der Waals surface area contributed by atoms with E-state index < -0.39 is 17.8 Å². The Morgan fingerprint density at radius 1 is 1.03 bits per heavy atom. The normalized spacial score (nSPS) is 10.7. The van der Waals surface area contributed by atoms with Crippen LogP contribution in [0.25, 0.3) is 5.69 Å². The molecule has 0 aliphatic heterocycles. The quantitative estimate of drug-likeness (QED) is 0.418. The number of halogens is 1. The number of benzene rings is 1. The topological polar surface area (TPSA) is 105 Å². The average molecular weight is 440 g/mol. The van der Waals surface area contributed by atoms with Crippen LogP contribution in [0.2, 0.25) is 0 Å². The largest absolute Gasteiger partial charge is 0.462 e. The van der Waals surface area contributed by atoms with Crippen LogP contribution in [0, 0.1) is 33.5 Å². The molecule has 1 aromatic carbocycles. The predicted octanol–water partition coefficient (Wildman–Crippen LogP) is 3.43. The van der Waals surface area contributed by atoms with Crippen molar-refractivity contribution in [3.63, 3.8) is 0 Å². The third kappa shape index (κ3) is 4.27. The van der Waals surface area contributed by atoms with Gasteiger partial charge in [0, 0.05) is 22.8 Å². The fourth-order valence-electron chi connectivity index (χ4n) is 3.71. The molecule has 0 saturated heterocycles. The second-order valence-electron chi connectivity index (χ2n) is 7.35. The maximum absolute atomic E-state index is 13.2. The van der Waals surface area contributed by atoms with Gasteiger partial charge in [0.05, 0.1) is 17.7 Å². The molecule has 0 aliphatic rings. The molecular weight excluding hydrogens is 415 g/mol. The first kappa shape index (κ1) is 22.8. The number of hydrogen-bond donors (Lipinski definition) is 3. The number of aromatic amines is 1. The van der Waals surface area contributed by atoms with Crippen molar-refractivity contribution in [3.8, 4) is 5.69 Å². The Morgan fingerprint density at radius 2 is 1.66 bits per heavy atom. The molecule has 0 saturated carbocycles. The zero-order chi connectivity index (χ0) is 23.6. The molecule has 2 aromatic heterocycles. The van der Waals surface area contributed by atoms with Crippen molar-refractivity contribution in [2.75, 3.05) is 6.61 Å². The molecule has 168 valence electrons. The molecule has 2 heterocycles. The van der Waals surface area contributed by atoms with Crippen molar-refractivity contribution in [1.82, 2.24) is 20.4 Å². The highest BCUT2D eigenvalue weighted by Gasteiger charge is 2.24. The van der Waals surface area contributed by atoms with Crippen molar-refractivity contribution in [2.45, 2.75) is 34.6 Å². The minimum Gasteiger partial charge on any atom is -0.462 e. The first-order valence-electron chi connectivity index (χ1n) is 10.1. The lowest BCUT2D eigenvalue weighted by Crippen LogP contribution is -2.42. The Balaban J connectivity index is 1.76. The number of hydrogen-bond acceptors (Lipinski definition) is 4. The smallest absolute Gasteiger partial charge is 0.340 e. The zero-order valence-corrected chi connectivity index (χ0v) is 18.6. The fourth-order valence-corrected chi connectivity index (χ4v) is 3.71. The van der Waals surface area contributed by atoms with Crippen LogP contribution in [0.1, 0.15) is 60.8 Å². The summed E-state index contributed by atoms with van der Waals surface area (Å²) in [4.78, 5) is 40.3. The number of H-pyrrole nitrogens is 1. The fraction of sp³-hybridized carbons (Fsp3) is 0.261. The van der Waals surface area contributed by atoms with E-state index in [0.29, 0.717) is 33.8 Å². The van der Waals surface area contributed by atoms with Gasteiger partial charge in [0.15, 0.2) is 0 Å². The average Bonchev–Trinajstić information content (AvgIpc) is 3.21. The van der Waals surface area contributed by atoms with Crippen molar-refractivity contribution in [1.29, 1.82) is 0 Å². The lowest BCUT2D eigenvalue weighted by Gasteiger charge is -2.10. The van der Waals surface area contributed by atoms with Crippen LogP contribution in [0.3, 0.4) is 0 Å². The molecule has 0 atom stereocenters. The molecular formula is C23H25FN4O4. The number of nitrogens with one attached hydrogen (secondary N) is 3. The van der Waals surface area contributed by atoms with Crippen molar-refractivity contribution in [3.05, 3.63) is 75.6 Å². The van der Waals surface area contributed by atoms with Gasteiger partial charge in [-0.15, -0.1) is 0 Å². The van der Waals surface area contributed by atoms with E-state index in [-0.39, 0.29) is 18.1 Å². The van der Waals surface area contributed by atoms with Crippen LogP contribution in [-0.4, -0.2) is 33.9 Å². The summed E-state index contributed by atoms with van der Waals surface area (Å²) >= 11 is 0. The van der Waals surface area contributed by atoms with E-state index in [0.717, 1.165) is 5.69 Å². The van der Waals surface area contributed by atoms with Crippen molar-refractivity contribution < 1.29 is 23.5 Å². The van der Waals surface area contributed by atoms with Crippen LogP contribution < -0.4 is 10.9 Å². The summed E-state index contributed by atoms with van der Waals surface area (Å²) in [5, 5.41) is 0. The molecule has 2 amide bonds. The minimum absolute atomic E-state index is 0.155. The zero-order valence-electron chi connectivity index (χ0n) is 18.6. The molecule has 3 aromatic rings. The second-order valence-corrected chi connectivity index (χ2v) is 7.35. The number of amides is 2.